The summed E-state index contributed by atoms with van der Waals surface area (Å²) in [5, 5.41) is 0. The Labute approximate surface area is 141 Å². The van der Waals surface area contributed by atoms with Crippen LogP contribution >= 0.6 is 0 Å². The van der Waals surface area contributed by atoms with Crippen LogP contribution in [0.1, 0.15) is 47.5 Å². The summed E-state index contributed by atoms with van der Waals surface area (Å²) in [6.07, 6.45) is 2.99. The molecule has 0 aromatic heterocycles. The Kier molecular flexibility index (Phi) is 5.76. The quantitative estimate of drug-likeness (QED) is 0.579. The number of hydrogen-bond donors (Lipinski definition) is 0. The lowest BCUT2D eigenvalue weighted by molar-refractivity contribution is -0.160. The van der Waals surface area contributed by atoms with E-state index in [1.165, 1.54) is 0 Å². The second kappa shape index (κ2) is 7.09. The van der Waals surface area contributed by atoms with Gasteiger partial charge in [0.15, 0.2) is 11.9 Å². The first kappa shape index (κ1) is 18.7. The molecule has 0 N–H and O–H groups in total. The number of nitrogens with zero attached hydrogens (tertiary/aromatic N) is 2. The molecule has 1 amide bonds. The van der Waals surface area contributed by atoms with E-state index in [2.05, 4.69) is 4.40 Å². The van der Waals surface area contributed by atoms with Crippen molar-refractivity contribution in [1.29, 1.82) is 0 Å². The van der Waals surface area contributed by atoms with Crippen molar-refractivity contribution < 1.29 is 18.8 Å². The van der Waals surface area contributed by atoms with Crippen molar-refractivity contribution in [2.24, 2.45) is 10.3 Å². The fourth-order valence-corrected chi connectivity index (χ4v) is 3.18. The minimum atomic E-state index is -1.21. The molecule has 2 rings (SSSR count). The molecular formula is C16H28N2O4S. The lowest BCUT2D eigenvalue weighted by Crippen LogP contribution is -2.45. The predicted molar refractivity (Wildman–Crippen MR) is 90.6 cm³/mol. The molecule has 2 saturated heterocycles. The van der Waals surface area contributed by atoms with Gasteiger partial charge in [0.1, 0.15) is 16.1 Å². The van der Waals surface area contributed by atoms with Crippen molar-refractivity contribution in [3.8, 4) is 0 Å². The molecule has 0 aromatic rings. The zero-order valence-electron chi connectivity index (χ0n) is 14.7. The van der Waals surface area contributed by atoms with E-state index in [1.807, 2.05) is 45.7 Å². The molecule has 2 aliphatic heterocycles. The van der Waals surface area contributed by atoms with Crippen molar-refractivity contribution >= 4 is 23.5 Å². The second-order valence-electron chi connectivity index (χ2n) is 7.60. The van der Waals surface area contributed by atoms with Gasteiger partial charge in [-0.1, -0.05) is 4.40 Å². The van der Waals surface area contributed by atoms with Gasteiger partial charge in [-0.05, 0) is 47.5 Å². The van der Waals surface area contributed by atoms with Gasteiger partial charge >= 0.3 is 0 Å². The number of ether oxygens (including phenoxy) is 2. The van der Waals surface area contributed by atoms with Gasteiger partial charge in [-0.25, -0.2) is 0 Å². The van der Waals surface area contributed by atoms with Crippen molar-refractivity contribution in [3.63, 3.8) is 0 Å². The van der Waals surface area contributed by atoms with Crippen LogP contribution in [0.15, 0.2) is 4.40 Å². The molecule has 23 heavy (non-hydrogen) atoms. The molecule has 2 fully saturated rings. The van der Waals surface area contributed by atoms with Gasteiger partial charge in [-0.3, -0.25) is 4.79 Å². The lowest BCUT2D eigenvalue weighted by Gasteiger charge is -2.32. The summed E-state index contributed by atoms with van der Waals surface area (Å²) in [7, 11) is 0. The van der Waals surface area contributed by atoms with Crippen molar-refractivity contribution in [2.45, 2.75) is 64.1 Å². The van der Waals surface area contributed by atoms with Gasteiger partial charge < -0.3 is 18.9 Å². The Morgan fingerprint density at radius 3 is 2.43 bits per heavy atom. The summed E-state index contributed by atoms with van der Waals surface area (Å²) in [6, 6.07) is 0. The molecule has 2 aliphatic rings. The number of amides is 1. The molecule has 2 atom stereocenters. The normalized spacial score (nSPS) is 27.6. The standard InChI is InChI=1S/C16H28N2O4S/c1-15(2,3)23(20)17-10-12-6-8-18(9-7-12)14(19)13-11-21-16(4,5)22-13/h10,12-13H,6-9,11H2,1-5H3/b17-10-/t13-,23?/m1/s1. The van der Waals surface area contributed by atoms with Crippen molar-refractivity contribution in [1.82, 2.24) is 4.90 Å². The van der Waals surface area contributed by atoms with Crippen LogP contribution in [0.3, 0.4) is 0 Å². The summed E-state index contributed by atoms with van der Waals surface area (Å²) in [4.78, 5) is 14.3. The first-order valence-corrected chi connectivity index (χ1v) is 9.26. The maximum Gasteiger partial charge on any atom is 0.254 e. The minimum absolute atomic E-state index is 0.00392. The van der Waals surface area contributed by atoms with Crippen molar-refractivity contribution in [3.05, 3.63) is 0 Å². The van der Waals surface area contributed by atoms with Gasteiger partial charge in [0.2, 0.25) is 0 Å². The number of hydrogen-bond acceptors (Lipinski definition) is 5. The summed E-state index contributed by atoms with van der Waals surface area (Å²) >= 11 is -1.21. The molecule has 7 heteroatoms. The van der Waals surface area contributed by atoms with E-state index in [4.69, 9.17) is 9.47 Å². The monoisotopic (exact) mass is 344 g/mol. The van der Waals surface area contributed by atoms with Crippen LogP contribution in [0.5, 0.6) is 0 Å². The van der Waals surface area contributed by atoms with Gasteiger partial charge in [-0.2, -0.15) is 0 Å². The van der Waals surface area contributed by atoms with Gasteiger partial charge in [0.05, 0.1) is 12.8 Å². The summed E-state index contributed by atoms with van der Waals surface area (Å²) < 4.78 is 26.9. The third kappa shape index (κ3) is 5.17. The molecule has 0 saturated carbocycles. The maximum atomic E-state index is 12.4. The molecule has 132 valence electrons. The summed E-state index contributed by atoms with van der Waals surface area (Å²) in [5.41, 5.74) is 0. The van der Waals surface area contributed by atoms with E-state index >= 15 is 0 Å². The molecule has 0 radical (unpaired) electrons. The fourth-order valence-electron chi connectivity index (χ4n) is 2.58. The molecule has 6 nitrogen and oxygen atoms in total. The van der Waals surface area contributed by atoms with Crippen LogP contribution in [0.4, 0.5) is 0 Å². The third-order valence-corrected chi connectivity index (χ3v) is 5.39. The zero-order valence-corrected chi connectivity index (χ0v) is 15.5. The summed E-state index contributed by atoms with van der Waals surface area (Å²) in [5.74, 6) is -0.394. The Bertz CT molecular complexity index is 453. The molecular weight excluding hydrogens is 316 g/mol. The van der Waals surface area contributed by atoms with Crippen LogP contribution in [0, 0.1) is 5.92 Å². The smallest absolute Gasteiger partial charge is 0.254 e. The highest BCUT2D eigenvalue weighted by Crippen LogP contribution is 2.25. The number of carbonyl (C=O) groups is 1. The second-order valence-corrected chi connectivity index (χ2v) is 9.53. The van der Waals surface area contributed by atoms with Crippen LogP contribution in [0.25, 0.3) is 0 Å². The molecule has 0 bridgehead atoms. The van der Waals surface area contributed by atoms with Gasteiger partial charge in [0, 0.05) is 19.0 Å². The highest BCUT2D eigenvalue weighted by atomic mass is 32.2. The van der Waals surface area contributed by atoms with E-state index in [1.54, 1.807) is 0 Å². The third-order valence-electron chi connectivity index (χ3n) is 4.03. The average molecular weight is 344 g/mol. The molecule has 0 aromatic carbocycles. The van der Waals surface area contributed by atoms with Crippen molar-refractivity contribution in [2.75, 3.05) is 19.7 Å². The SMILES string of the molecule is CC1(C)OC[C@H](C(=O)N2CCC(/C=N\[S+]([O-])C(C)(C)C)CC2)O1. The van der Waals surface area contributed by atoms with E-state index in [9.17, 15) is 9.35 Å². The van der Waals surface area contributed by atoms with Gasteiger partial charge in [-0.15, -0.1) is 0 Å². The Morgan fingerprint density at radius 1 is 1.35 bits per heavy atom. The van der Waals surface area contributed by atoms with Gasteiger partial charge in [0.25, 0.3) is 5.91 Å². The Hall–Kier alpha value is -0.630. The average Bonchev–Trinajstić information content (AvgIpc) is 2.83. The molecule has 0 aliphatic carbocycles. The highest BCUT2D eigenvalue weighted by Gasteiger charge is 2.39. The Morgan fingerprint density at radius 2 is 1.96 bits per heavy atom. The highest BCUT2D eigenvalue weighted by molar-refractivity contribution is 7.91. The topological polar surface area (TPSA) is 74.2 Å². The Balaban J connectivity index is 1.80. The minimum Gasteiger partial charge on any atom is -0.591 e. The summed E-state index contributed by atoms with van der Waals surface area (Å²) in [6.45, 7) is 11.0. The van der Waals surface area contributed by atoms with Crippen LogP contribution in [-0.2, 0) is 25.6 Å². The first-order chi connectivity index (χ1) is 10.6. The van der Waals surface area contributed by atoms with Crippen LogP contribution in [-0.4, -0.2) is 57.9 Å². The maximum absolute atomic E-state index is 12.4. The molecule has 2 heterocycles. The first-order valence-electron chi connectivity index (χ1n) is 8.15. The van der Waals surface area contributed by atoms with E-state index in [-0.39, 0.29) is 16.6 Å². The van der Waals surface area contributed by atoms with E-state index in [0.29, 0.717) is 19.7 Å². The van der Waals surface area contributed by atoms with E-state index < -0.39 is 23.3 Å². The molecule has 0 spiro atoms. The van der Waals surface area contributed by atoms with E-state index in [0.717, 1.165) is 12.8 Å². The lowest BCUT2D eigenvalue weighted by atomic mass is 9.98. The predicted octanol–water partition coefficient (Wildman–Crippen LogP) is 1.91. The number of likely N-dealkylation sites (tertiary alicyclic amines) is 1. The fraction of sp³-hybridized carbons (Fsp3) is 0.875. The largest absolute Gasteiger partial charge is 0.591 e. The number of carbonyl (C=O) groups excluding carboxylic acids is 1. The van der Waals surface area contributed by atoms with Crippen LogP contribution < -0.4 is 0 Å². The molecule has 1 unspecified atom stereocenters. The number of piperidine rings is 1. The zero-order chi connectivity index (χ0) is 17.3. The van der Waals surface area contributed by atoms with Crippen LogP contribution in [0.2, 0.25) is 0 Å². The number of rotatable bonds is 3.